The number of benzene rings is 1. The van der Waals surface area contributed by atoms with Crippen molar-refractivity contribution in [2.45, 2.75) is 26.3 Å². The van der Waals surface area contributed by atoms with Crippen molar-refractivity contribution in [3.05, 3.63) is 22.2 Å². The molecule has 0 aliphatic heterocycles. The minimum atomic E-state index is 0.198. The van der Waals surface area contributed by atoms with Gasteiger partial charge in [-0.15, -0.1) is 0 Å². The molecule has 108 valence electrons. The molecule has 1 aromatic carbocycles. The van der Waals surface area contributed by atoms with Crippen LogP contribution in [0, 0.1) is 0 Å². The first kappa shape index (κ1) is 16.3. The fourth-order valence-electron chi connectivity index (χ4n) is 1.67. The Balaban J connectivity index is 2.73. The van der Waals surface area contributed by atoms with Crippen LogP contribution in [0.15, 0.2) is 16.6 Å². The van der Waals surface area contributed by atoms with Crippen molar-refractivity contribution >= 4 is 15.9 Å². The molecular weight excluding hydrogens is 310 g/mol. The van der Waals surface area contributed by atoms with Crippen LogP contribution in [0.1, 0.15) is 25.3 Å². The van der Waals surface area contributed by atoms with E-state index in [0.29, 0.717) is 6.61 Å². The minimum absolute atomic E-state index is 0.198. The highest BCUT2D eigenvalue weighted by Gasteiger charge is 2.11. The zero-order valence-electron chi connectivity index (χ0n) is 11.5. The normalized spacial score (nSPS) is 10.5. The lowest BCUT2D eigenvalue weighted by atomic mass is 10.2. The molecule has 2 N–H and O–H groups in total. The highest BCUT2D eigenvalue weighted by atomic mass is 79.9. The number of hydrogen-bond donors (Lipinski definition) is 2. The second kappa shape index (κ2) is 9.18. The SMILES string of the molecule is CCNCc1cc(Br)c(OCCCCO)c(OC)c1. The highest BCUT2D eigenvalue weighted by Crippen LogP contribution is 2.36. The van der Waals surface area contributed by atoms with E-state index in [2.05, 4.69) is 28.2 Å². The zero-order chi connectivity index (χ0) is 14.1. The molecule has 19 heavy (non-hydrogen) atoms. The number of nitrogens with one attached hydrogen (secondary N) is 1. The first-order chi connectivity index (χ1) is 9.22. The van der Waals surface area contributed by atoms with E-state index in [1.165, 1.54) is 0 Å². The number of aliphatic hydroxyl groups is 1. The van der Waals surface area contributed by atoms with E-state index in [1.54, 1.807) is 7.11 Å². The largest absolute Gasteiger partial charge is 0.493 e. The van der Waals surface area contributed by atoms with E-state index in [4.69, 9.17) is 14.6 Å². The van der Waals surface area contributed by atoms with Gasteiger partial charge in [0.1, 0.15) is 0 Å². The van der Waals surface area contributed by atoms with Crippen LogP contribution in [-0.2, 0) is 6.54 Å². The van der Waals surface area contributed by atoms with Gasteiger partial charge in [-0.05, 0) is 53.0 Å². The van der Waals surface area contributed by atoms with E-state index in [9.17, 15) is 0 Å². The van der Waals surface area contributed by atoms with Gasteiger partial charge >= 0.3 is 0 Å². The van der Waals surface area contributed by atoms with E-state index in [0.717, 1.165) is 47.5 Å². The predicted octanol–water partition coefficient (Wildman–Crippen LogP) is 2.72. The van der Waals surface area contributed by atoms with Crippen molar-refractivity contribution < 1.29 is 14.6 Å². The van der Waals surface area contributed by atoms with Crippen LogP contribution in [-0.4, -0.2) is 32.0 Å². The van der Waals surface area contributed by atoms with Gasteiger partial charge in [0.05, 0.1) is 18.2 Å². The molecule has 0 aliphatic carbocycles. The molecule has 0 atom stereocenters. The third-order valence-corrected chi connectivity index (χ3v) is 3.26. The Labute approximate surface area is 123 Å². The third-order valence-electron chi connectivity index (χ3n) is 2.67. The molecule has 4 nitrogen and oxygen atoms in total. The molecule has 0 amide bonds. The van der Waals surface area contributed by atoms with E-state index in [-0.39, 0.29) is 6.61 Å². The molecule has 0 radical (unpaired) electrons. The van der Waals surface area contributed by atoms with Crippen molar-refractivity contribution in [3.8, 4) is 11.5 Å². The number of unbranched alkanes of at least 4 members (excludes halogenated alkanes) is 1. The molecule has 0 heterocycles. The van der Waals surface area contributed by atoms with E-state index >= 15 is 0 Å². The van der Waals surface area contributed by atoms with Gasteiger partial charge in [0, 0.05) is 13.2 Å². The summed E-state index contributed by atoms with van der Waals surface area (Å²) in [4.78, 5) is 0. The van der Waals surface area contributed by atoms with Crippen molar-refractivity contribution in [2.24, 2.45) is 0 Å². The molecule has 0 bridgehead atoms. The number of ether oxygens (including phenoxy) is 2. The first-order valence-corrected chi connectivity index (χ1v) is 7.33. The average molecular weight is 332 g/mol. The Morgan fingerprint density at radius 1 is 1.32 bits per heavy atom. The number of halogens is 1. The fourth-order valence-corrected chi connectivity index (χ4v) is 2.28. The summed E-state index contributed by atoms with van der Waals surface area (Å²) in [6, 6.07) is 4.02. The zero-order valence-corrected chi connectivity index (χ0v) is 13.1. The van der Waals surface area contributed by atoms with Crippen LogP contribution in [0.25, 0.3) is 0 Å². The summed E-state index contributed by atoms with van der Waals surface area (Å²) >= 11 is 3.52. The number of rotatable bonds is 9. The highest BCUT2D eigenvalue weighted by molar-refractivity contribution is 9.10. The lowest BCUT2D eigenvalue weighted by Crippen LogP contribution is -2.12. The summed E-state index contributed by atoms with van der Waals surface area (Å²) < 4.78 is 12.0. The van der Waals surface area contributed by atoms with Gasteiger partial charge in [0.25, 0.3) is 0 Å². The van der Waals surface area contributed by atoms with Gasteiger partial charge in [-0.2, -0.15) is 0 Å². The molecule has 0 saturated heterocycles. The Kier molecular flexibility index (Phi) is 7.86. The molecule has 0 aliphatic rings. The van der Waals surface area contributed by atoms with E-state index in [1.807, 2.05) is 12.1 Å². The third kappa shape index (κ3) is 5.38. The summed E-state index contributed by atoms with van der Waals surface area (Å²) in [5, 5.41) is 12.0. The van der Waals surface area contributed by atoms with Crippen LogP contribution >= 0.6 is 15.9 Å². The summed E-state index contributed by atoms with van der Waals surface area (Å²) in [5.74, 6) is 1.45. The molecule has 0 spiro atoms. The van der Waals surface area contributed by atoms with Crippen LogP contribution in [0.3, 0.4) is 0 Å². The average Bonchev–Trinajstić information content (AvgIpc) is 2.42. The van der Waals surface area contributed by atoms with Crippen molar-refractivity contribution in [1.82, 2.24) is 5.32 Å². The maximum Gasteiger partial charge on any atom is 0.175 e. The number of methoxy groups -OCH3 is 1. The molecule has 1 rings (SSSR count). The fraction of sp³-hybridized carbons (Fsp3) is 0.571. The van der Waals surface area contributed by atoms with Crippen LogP contribution in [0.5, 0.6) is 11.5 Å². The summed E-state index contributed by atoms with van der Waals surface area (Å²) in [6.45, 7) is 4.58. The predicted molar refractivity (Wildman–Crippen MR) is 79.9 cm³/mol. The van der Waals surface area contributed by atoms with Crippen LogP contribution < -0.4 is 14.8 Å². The van der Waals surface area contributed by atoms with Gasteiger partial charge in [-0.25, -0.2) is 0 Å². The van der Waals surface area contributed by atoms with Crippen molar-refractivity contribution in [3.63, 3.8) is 0 Å². The molecular formula is C14H22BrNO3. The van der Waals surface area contributed by atoms with Gasteiger partial charge < -0.3 is 19.9 Å². The molecule has 1 aromatic rings. The Morgan fingerprint density at radius 2 is 2.11 bits per heavy atom. The van der Waals surface area contributed by atoms with Gasteiger partial charge in [-0.3, -0.25) is 0 Å². The Hall–Kier alpha value is -0.780. The standard InChI is InChI=1S/C14H22BrNO3/c1-3-16-10-11-8-12(15)14(13(9-11)18-2)19-7-5-4-6-17/h8-9,16-17H,3-7,10H2,1-2H3. The quantitative estimate of drug-likeness (QED) is 0.683. The summed E-state index contributed by atoms with van der Waals surface area (Å²) in [5.41, 5.74) is 1.15. The Morgan fingerprint density at radius 3 is 2.74 bits per heavy atom. The summed E-state index contributed by atoms with van der Waals surface area (Å²) in [6.07, 6.45) is 1.57. The lowest BCUT2D eigenvalue weighted by Gasteiger charge is -2.14. The lowest BCUT2D eigenvalue weighted by molar-refractivity contribution is 0.246. The molecule has 0 saturated carbocycles. The smallest absolute Gasteiger partial charge is 0.175 e. The van der Waals surface area contributed by atoms with Gasteiger partial charge in [-0.1, -0.05) is 6.92 Å². The second-order valence-electron chi connectivity index (χ2n) is 4.17. The van der Waals surface area contributed by atoms with Crippen LogP contribution in [0.2, 0.25) is 0 Å². The maximum absolute atomic E-state index is 8.74. The van der Waals surface area contributed by atoms with Crippen molar-refractivity contribution in [1.29, 1.82) is 0 Å². The second-order valence-corrected chi connectivity index (χ2v) is 5.02. The molecule has 0 fully saturated rings. The number of aliphatic hydroxyl groups excluding tert-OH is 1. The monoisotopic (exact) mass is 331 g/mol. The Bertz CT molecular complexity index is 385. The van der Waals surface area contributed by atoms with Gasteiger partial charge in [0.2, 0.25) is 0 Å². The molecule has 0 unspecified atom stereocenters. The summed E-state index contributed by atoms with van der Waals surface area (Å²) in [7, 11) is 1.64. The molecule has 0 aromatic heterocycles. The van der Waals surface area contributed by atoms with E-state index < -0.39 is 0 Å². The van der Waals surface area contributed by atoms with Crippen LogP contribution in [0.4, 0.5) is 0 Å². The first-order valence-electron chi connectivity index (χ1n) is 6.53. The molecule has 5 heteroatoms. The topological polar surface area (TPSA) is 50.7 Å². The number of hydrogen-bond acceptors (Lipinski definition) is 4. The van der Waals surface area contributed by atoms with Crippen molar-refractivity contribution in [2.75, 3.05) is 26.9 Å². The van der Waals surface area contributed by atoms with Gasteiger partial charge in [0.15, 0.2) is 11.5 Å². The minimum Gasteiger partial charge on any atom is -0.493 e. The maximum atomic E-state index is 8.74.